The lowest BCUT2D eigenvalue weighted by Crippen LogP contribution is -2.39. The zero-order valence-electron chi connectivity index (χ0n) is 18.7. The van der Waals surface area contributed by atoms with Crippen LogP contribution in [-0.2, 0) is 10.0 Å². The van der Waals surface area contributed by atoms with Crippen molar-refractivity contribution in [1.29, 1.82) is 0 Å². The number of nitrogens with zero attached hydrogens (tertiary/aromatic N) is 3. The maximum atomic E-state index is 13.2. The van der Waals surface area contributed by atoms with E-state index in [1.807, 2.05) is 19.9 Å². The molecule has 1 saturated heterocycles. The van der Waals surface area contributed by atoms with Crippen molar-refractivity contribution in [2.45, 2.75) is 37.5 Å². The van der Waals surface area contributed by atoms with E-state index in [1.165, 1.54) is 15.6 Å². The molecule has 1 aromatic heterocycles. The first-order chi connectivity index (χ1) is 15.8. The molecule has 0 spiro atoms. The van der Waals surface area contributed by atoms with Crippen LogP contribution in [0.4, 0.5) is 5.69 Å². The third-order valence-corrected chi connectivity index (χ3v) is 8.78. The third kappa shape index (κ3) is 5.07. The van der Waals surface area contributed by atoms with Gasteiger partial charge in [0, 0.05) is 24.7 Å². The van der Waals surface area contributed by atoms with Crippen LogP contribution >= 0.6 is 11.3 Å². The molecule has 0 radical (unpaired) electrons. The molecule has 2 aromatic carbocycles. The zero-order valence-corrected chi connectivity index (χ0v) is 20.4. The Balaban J connectivity index is 1.46. The minimum Gasteiger partial charge on any atom is -0.497 e. The summed E-state index contributed by atoms with van der Waals surface area (Å²) in [6.45, 7) is 4.66. The summed E-state index contributed by atoms with van der Waals surface area (Å²) >= 11 is 1.21. The Kier molecular flexibility index (Phi) is 6.78. The summed E-state index contributed by atoms with van der Waals surface area (Å²) in [5.41, 5.74) is 2.63. The molecule has 10 heteroatoms. The number of ether oxygens (including phenoxy) is 1. The van der Waals surface area contributed by atoms with Crippen molar-refractivity contribution in [1.82, 2.24) is 14.5 Å². The van der Waals surface area contributed by atoms with Gasteiger partial charge in [-0.2, -0.15) is 4.31 Å². The summed E-state index contributed by atoms with van der Waals surface area (Å²) in [6, 6.07) is 12.2. The van der Waals surface area contributed by atoms with Gasteiger partial charge in [0.05, 0.1) is 12.0 Å². The SMILES string of the molecule is COc1ccc(NC(=O)c2nnc(C3CCCN(S(=O)(=O)c4ccc(C)c(C)c4)C3)s2)cc1. The fraction of sp³-hybridized carbons (Fsp3) is 0.348. The van der Waals surface area contributed by atoms with Crippen molar-refractivity contribution in [2.24, 2.45) is 0 Å². The summed E-state index contributed by atoms with van der Waals surface area (Å²) < 4.78 is 33.1. The number of carbonyl (C=O) groups is 1. The number of nitrogens with one attached hydrogen (secondary N) is 1. The number of piperidine rings is 1. The van der Waals surface area contributed by atoms with Gasteiger partial charge in [-0.25, -0.2) is 8.42 Å². The Hall–Kier alpha value is -2.82. The maximum absolute atomic E-state index is 13.2. The predicted molar refractivity (Wildman–Crippen MR) is 128 cm³/mol. The Morgan fingerprint density at radius 3 is 2.58 bits per heavy atom. The molecular formula is C23H26N4O4S2. The molecule has 1 unspecified atom stereocenters. The molecule has 0 bridgehead atoms. The van der Waals surface area contributed by atoms with E-state index in [-0.39, 0.29) is 16.8 Å². The predicted octanol–water partition coefficient (Wildman–Crippen LogP) is 3.98. The van der Waals surface area contributed by atoms with Crippen LogP contribution in [0.25, 0.3) is 0 Å². The van der Waals surface area contributed by atoms with Crippen LogP contribution in [0.15, 0.2) is 47.4 Å². The molecule has 1 fully saturated rings. The van der Waals surface area contributed by atoms with Crippen molar-refractivity contribution >= 4 is 33.0 Å². The topological polar surface area (TPSA) is 101 Å². The second kappa shape index (κ2) is 9.58. The van der Waals surface area contributed by atoms with Gasteiger partial charge < -0.3 is 10.1 Å². The highest BCUT2D eigenvalue weighted by atomic mass is 32.2. The first-order valence-corrected chi connectivity index (χ1v) is 12.9. The van der Waals surface area contributed by atoms with E-state index in [4.69, 9.17) is 4.74 Å². The van der Waals surface area contributed by atoms with Crippen LogP contribution in [0.1, 0.15) is 44.7 Å². The number of aromatic nitrogens is 2. The Labute approximate surface area is 197 Å². The van der Waals surface area contributed by atoms with Gasteiger partial charge in [-0.05, 0) is 74.2 Å². The average molecular weight is 487 g/mol. The highest BCUT2D eigenvalue weighted by molar-refractivity contribution is 7.89. The standard InChI is InChI=1S/C23H26N4O4S2/c1-15-6-11-20(13-16(15)2)33(29,30)27-12-4-5-17(14-27)22-25-26-23(32-22)21(28)24-18-7-9-19(31-3)10-8-18/h6-11,13,17H,4-5,12,14H2,1-3H3,(H,24,28). The fourth-order valence-corrected chi connectivity index (χ4v) is 6.21. The van der Waals surface area contributed by atoms with Gasteiger partial charge in [-0.1, -0.05) is 17.4 Å². The number of carbonyl (C=O) groups excluding carboxylic acids is 1. The molecule has 1 aliphatic rings. The fourth-order valence-electron chi connectivity index (χ4n) is 3.74. The van der Waals surface area contributed by atoms with Gasteiger partial charge in [0.1, 0.15) is 10.8 Å². The quantitative estimate of drug-likeness (QED) is 0.565. The van der Waals surface area contributed by atoms with Gasteiger partial charge in [0.15, 0.2) is 0 Å². The Bertz CT molecular complexity index is 1260. The third-order valence-electron chi connectivity index (χ3n) is 5.83. The Morgan fingerprint density at radius 2 is 1.88 bits per heavy atom. The van der Waals surface area contributed by atoms with Crippen molar-refractivity contribution in [2.75, 3.05) is 25.5 Å². The van der Waals surface area contributed by atoms with E-state index in [9.17, 15) is 13.2 Å². The average Bonchev–Trinajstić information content (AvgIpc) is 3.32. The second-order valence-electron chi connectivity index (χ2n) is 8.08. The van der Waals surface area contributed by atoms with Gasteiger partial charge >= 0.3 is 0 Å². The molecule has 4 rings (SSSR count). The molecule has 1 aliphatic heterocycles. The molecule has 0 saturated carbocycles. The summed E-state index contributed by atoms with van der Waals surface area (Å²) in [6.07, 6.45) is 1.52. The monoisotopic (exact) mass is 486 g/mol. The molecule has 1 N–H and O–H groups in total. The number of hydrogen-bond donors (Lipinski definition) is 1. The van der Waals surface area contributed by atoms with E-state index < -0.39 is 10.0 Å². The van der Waals surface area contributed by atoms with E-state index in [0.717, 1.165) is 24.0 Å². The van der Waals surface area contributed by atoms with Crippen LogP contribution in [0.2, 0.25) is 0 Å². The maximum Gasteiger partial charge on any atom is 0.286 e. The summed E-state index contributed by atoms with van der Waals surface area (Å²) in [5, 5.41) is 12.0. The minimum atomic E-state index is -3.60. The summed E-state index contributed by atoms with van der Waals surface area (Å²) in [7, 11) is -2.02. The molecule has 0 aliphatic carbocycles. The number of rotatable bonds is 6. The first-order valence-electron chi connectivity index (χ1n) is 10.6. The van der Waals surface area contributed by atoms with Crippen molar-refractivity contribution < 1.29 is 17.9 Å². The van der Waals surface area contributed by atoms with E-state index >= 15 is 0 Å². The second-order valence-corrected chi connectivity index (χ2v) is 11.0. The van der Waals surface area contributed by atoms with Crippen LogP contribution in [0, 0.1) is 13.8 Å². The number of benzene rings is 2. The summed E-state index contributed by atoms with van der Waals surface area (Å²) in [5.74, 6) is 0.253. The molecule has 3 aromatic rings. The first kappa shape index (κ1) is 23.3. The molecule has 1 atom stereocenters. The van der Waals surface area contributed by atoms with Gasteiger partial charge in [-0.15, -0.1) is 10.2 Å². The van der Waals surface area contributed by atoms with E-state index in [1.54, 1.807) is 43.5 Å². The van der Waals surface area contributed by atoms with E-state index in [2.05, 4.69) is 15.5 Å². The van der Waals surface area contributed by atoms with Crippen LogP contribution < -0.4 is 10.1 Å². The number of amides is 1. The molecular weight excluding hydrogens is 460 g/mol. The van der Waals surface area contributed by atoms with Crippen molar-refractivity contribution in [3.63, 3.8) is 0 Å². The number of methoxy groups -OCH3 is 1. The zero-order chi connectivity index (χ0) is 23.6. The lowest BCUT2D eigenvalue weighted by atomic mass is 10.0. The molecule has 8 nitrogen and oxygen atoms in total. The number of sulfonamides is 1. The van der Waals surface area contributed by atoms with Gasteiger partial charge in [0.2, 0.25) is 15.0 Å². The van der Waals surface area contributed by atoms with Crippen LogP contribution in [0.3, 0.4) is 0 Å². The molecule has 2 heterocycles. The largest absolute Gasteiger partial charge is 0.497 e. The van der Waals surface area contributed by atoms with Crippen LogP contribution in [-0.4, -0.2) is 49.0 Å². The number of hydrogen-bond acceptors (Lipinski definition) is 7. The normalized spacial score (nSPS) is 17.0. The van der Waals surface area contributed by atoms with E-state index in [0.29, 0.717) is 34.4 Å². The van der Waals surface area contributed by atoms with Gasteiger partial charge in [0.25, 0.3) is 5.91 Å². The molecule has 174 valence electrons. The summed E-state index contributed by atoms with van der Waals surface area (Å²) in [4.78, 5) is 12.9. The van der Waals surface area contributed by atoms with Gasteiger partial charge in [-0.3, -0.25) is 4.79 Å². The lowest BCUT2D eigenvalue weighted by Gasteiger charge is -2.30. The molecule has 33 heavy (non-hydrogen) atoms. The Morgan fingerprint density at radius 1 is 1.12 bits per heavy atom. The number of anilines is 1. The molecule has 1 amide bonds. The minimum absolute atomic E-state index is 0.0971. The van der Waals surface area contributed by atoms with Crippen molar-refractivity contribution in [3.8, 4) is 5.75 Å². The van der Waals surface area contributed by atoms with Crippen LogP contribution in [0.5, 0.6) is 5.75 Å². The van der Waals surface area contributed by atoms with Crippen molar-refractivity contribution in [3.05, 3.63) is 63.6 Å². The number of aryl methyl sites for hydroxylation is 2. The highest BCUT2D eigenvalue weighted by Crippen LogP contribution is 2.32. The highest BCUT2D eigenvalue weighted by Gasteiger charge is 2.33. The smallest absolute Gasteiger partial charge is 0.286 e. The lowest BCUT2D eigenvalue weighted by molar-refractivity contribution is 0.102.